The molecule has 0 radical (unpaired) electrons. The molecule has 0 aromatic carbocycles. The van der Waals surface area contributed by atoms with Crippen molar-refractivity contribution >= 4 is 11.8 Å². The van der Waals surface area contributed by atoms with Gasteiger partial charge in [-0.2, -0.15) is 0 Å². The van der Waals surface area contributed by atoms with Crippen molar-refractivity contribution in [3.05, 3.63) is 34.5 Å². The highest BCUT2D eigenvalue weighted by atomic mass is 16.6. The number of nitrogens with zero attached hydrogens (tertiary/aromatic N) is 4. The lowest BCUT2D eigenvalue weighted by atomic mass is 10.2. The highest BCUT2D eigenvalue weighted by molar-refractivity contribution is 5.85. The first-order chi connectivity index (χ1) is 8.42. The van der Waals surface area contributed by atoms with E-state index in [0.717, 1.165) is 0 Å². The zero-order valence-electron chi connectivity index (χ0n) is 10.5. The van der Waals surface area contributed by atoms with Crippen molar-refractivity contribution < 1.29 is 9.53 Å². The lowest BCUT2D eigenvalue weighted by molar-refractivity contribution is 0.0635. The Morgan fingerprint density at radius 2 is 2.33 bits per heavy atom. The summed E-state index contributed by atoms with van der Waals surface area (Å²) in [5.74, 6) is 0. The van der Waals surface area contributed by atoms with Gasteiger partial charge < -0.3 is 4.74 Å². The second-order valence-electron chi connectivity index (χ2n) is 4.51. The van der Waals surface area contributed by atoms with Crippen LogP contribution in [0.3, 0.4) is 0 Å². The van der Waals surface area contributed by atoms with Crippen LogP contribution in [0.2, 0.25) is 0 Å². The molecule has 0 atom stereocenters. The van der Waals surface area contributed by atoms with Crippen molar-refractivity contribution in [1.29, 1.82) is 0 Å². The predicted octanol–water partition coefficient (Wildman–Crippen LogP) is 3.24. The van der Waals surface area contributed by atoms with Crippen molar-refractivity contribution in [3.8, 4) is 0 Å². The van der Waals surface area contributed by atoms with Gasteiger partial charge in [0, 0.05) is 11.1 Å². The van der Waals surface area contributed by atoms with E-state index in [1.165, 1.54) is 0 Å². The summed E-state index contributed by atoms with van der Waals surface area (Å²) in [7, 11) is 0. The van der Waals surface area contributed by atoms with E-state index in [1.807, 2.05) is 0 Å². The number of carbonyl (C=O) groups excluding carboxylic acids is 1. The molecule has 7 nitrogen and oxygen atoms in total. The summed E-state index contributed by atoms with van der Waals surface area (Å²) in [6, 6.07) is 3.34. The molecule has 0 spiro atoms. The lowest BCUT2D eigenvalue weighted by Crippen LogP contribution is -2.27. The second kappa shape index (κ2) is 5.88. The van der Waals surface area contributed by atoms with Crippen molar-refractivity contribution in [3.63, 3.8) is 0 Å². The van der Waals surface area contributed by atoms with E-state index in [1.54, 1.807) is 39.1 Å². The summed E-state index contributed by atoms with van der Waals surface area (Å²) in [5, 5.41) is 5.98. The Morgan fingerprint density at radius 1 is 1.61 bits per heavy atom. The van der Waals surface area contributed by atoms with Crippen LogP contribution in [-0.4, -0.2) is 16.7 Å². The Hall–Kier alpha value is -2.27. The molecular weight excluding hydrogens is 234 g/mol. The quantitative estimate of drug-likeness (QED) is 0.505. The van der Waals surface area contributed by atoms with Gasteiger partial charge in [0.05, 0.1) is 17.9 Å². The van der Waals surface area contributed by atoms with Gasteiger partial charge in [-0.05, 0) is 38.4 Å². The fourth-order valence-electron chi connectivity index (χ4n) is 1.19. The molecule has 0 fully saturated rings. The molecule has 0 aliphatic rings. The number of amides is 1. The Morgan fingerprint density at radius 3 is 2.94 bits per heavy atom. The summed E-state index contributed by atoms with van der Waals surface area (Å²) in [5.41, 5.74) is 8.66. The van der Waals surface area contributed by atoms with Crippen LogP contribution in [0.4, 0.5) is 10.5 Å². The van der Waals surface area contributed by atoms with Crippen LogP contribution >= 0.6 is 0 Å². The molecule has 7 heteroatoms. The first kappa shape index (κ1) is 13.8. The predicted molar refractivity (Wildman–Crippen MR) is 66.9 cm³/mol. The Balaban J connectivity index is 2.77. The number of anilines is 1. The number of hydrogen-bond acceptors (Lipinski definition) is 4. The van der Waals surface area contributed by atoms with Gasteiger partial charge in [0.25, 0.3) is 0 Å². The Bertz CT molecular complexity index is 475. The second-order valence-corrected chi connectivity index (χ2v) is 4.51. The van der Waals surface area contributed by atoms with Crippen molar-refractivity contribution in [2.24, 2.45) is 5.11 Å². The number of hydrogen-bond donors (Lipinski definition) is 1. The molecule has 1 rings (SSSR count). The smallest absolute Gasteiger partial charge is 0.412 e. The first-order valence-electron chi connectivity index (χ1n) is 5.37. The van der Waals surface area contributed by atoms with Gasteiger partial charge in [0.15, 0.2) is 0 Å². The van der Waals surface area contributed by atoms with Crippen molar-refractivity contribution in [2.75, 3.05) is 5.32 Å². The molecule has 0 aliphatic carbocycles. The molecule has 0 saturated carbocycles. The van der Waals surface area contributed by atoms with Crippen LogP contribution in [-0.2, 0) is 11.3 Å². The standard InChI is InChI=1S/C11H15N5O2/c1-11(2,3)18-10(17)15-8-5-4-6-13-9(8)7-14-16-12/h4-6H,7H2,1-3H3,(H,15,17). The summed E-state index contributed by atoms with van der Waals surface area (Å²) < 4.78 is 5.12. The minimum absolute atomic E-state index is 0.0719. The van der Waals surface area contributed by atoms with E-state index in [-0.39, 0.29) is 6.54 Å². The van der Waals surface area contributed by atoms with Gasteiger partial charge in [-0.1, -0.05) is 5.11 Å². The van der Waals surface area contributed by atoms with Crippen LogP contribution in [0.25, 0.3) is 10.4 Å². The van der Waals surface area contributed by atoms with E-state index < -0.39 is 11.7 Å². The molecular formula is C11H15N5O2. The molecule has 1 amide bonds. The number of ether oxygens (including phenoxy) is 1. The number of azide groups is 1. The molecule has 0 aliphatic heterocycles. The molecule has 1 N–H and O–H groups in total. The Kier molecular flexibility index (Phi) is 4.51. The van der Waals surface area contributed by atoms with Gasteiger partial charge >= 0.3 is 6.09 Å². The molecule has 1 aromatic rings. The van der Waals surface area contributed by atoms with Gasteiger partial charge in [0.1, 0.15) is 5.60 Å². The summed E-state index contributed by atoms with van der Waals surface area (Å²) >= 11 is 0. The maximum Gasteiger partial charge on any atom is 0.412 e. The molecule has 0 bridgehead atoms. The highest BCUT2D eigenvalue weighted by Gasteiger charge is 2.17. The third kappa shape index (κ3) is 4.71. The molecule has 96 valence electrons. The van der Waals surface area contributed by atoms with E-state index in [4.69, 9.17) is 10.3 Å². The van der Waals surface area contributed by atoms with Gasteiger partial charge in [-0.15, -0.1) is 0 Å². The van der Waals surface area contributed by atoms with Crippen molar-refractivity contribution in [1.82, 2.24) is 4.98 Å². The monoisotopic (exact) mass is 249 g/mol. The summed E-state index contributed by atoms with van der Waals surface area (Å²) in [6.07, 6.45) is 0.986. The highest BCUT2D eigenvalue weighted by Crippen LogP contribution is 2.15. The first-order valence-corrected chi connectivity index (χ1v) is 5.37. The summed E-state index contributed by atoms with van der Waals surface area (Å²) in [4.78, 5) is 18.3. The van der Waals surface area contributed by atoms with Crippen molar-refractivity contribution in [2.45, 2.75) is 32.9 Å². The van der Waals surface area contributed by atoms with Crippen LogP contribution in [0.1, 0.15) is 26.5 Å². The number of nitrogens with one attached hydrogen (secondary N) is 1. The number of rotatable bonds is 3. The summed E-state index contributed by atoms with van der Waals surface area (Å²) in [6.45, 7) is 5.40. The zero-order valence-corrected chi connectivity index (χ0v) is 10.5. The normalized spacial score (nSPS) is 10.4. The molecule has 1 aromatic heterocycles. The van der Waals surface area contributed by atoms with E-state index in [2.05, 4.69) is 20.3 Å². The average Bonchev–Trinajstić information content (AvgIpc) is 2.25. The third-order valence-electron chi connectivity index (χ3n) is 1.81. The van der Waals surface area contributed by atoms with Gasteiger partial charge in [0.2, 0.25) is 0 Å². The van der Waals surface area contributed by atoms with Gasteiger partial charge in [-0.3, -0.25) is 10.3 Å². The molecule has 0 unspecified atom stereocenters. The number of carbonyl (C=O) groups is 1. The van der Waals surface area contributed by atoms with Crippen LogP contribution in [0.5, 0.6) is 0 Å². The molecule has 18 heavy (non-hydrogen) atoms. The number of aromatic nitrogens is 1. The minimum Gasteiger partial charge on any atom is -0.444 e. The topological polar surface area (TPSA) is 100.0 Å². The molecule has 0 saturated heterocycles. The van der Waals surface area contributed by atoms with Gasteiger partial charge in [-0.25, -0.2) is 4.79 Å². The third-order valence-corrected chi connectivity index (χ3v) is 1.81. The average molecular weight is 249 g/mol. The molecule has 1 heterocycles. The maximum absolute atomic E-state index is 11.6. The largest absolute Gasteiger partial charge is 0.444 e. The van der Waals surface area contributed by atoms with Crippen LogP contribution in [0, 0.1) is 0 Å². The lowest BCUT2D eigenvalue weighted by Gasteiger charge is -2.20. The zero-order chi connectivity index (χ0) is 13.6. The number of pyridine rings is 1. The van der Waals surface area contributed by atoms with E-state index >= 15 is 0 Å². The fraction of sp³-hybridized carbons (Fsp3) is 0.455. The Labute approximate surface area is 105 Å². The fourth-order valence-corrected chi connectivity index (χ4v) is 1.19. The van der Waals surface area contributed by atoms with E-state index in [9.17, 15) is 4.79 Å². The van der Waals surface area contributed by atoms with Crippen LogP contribution in [0.15, 0.2) is 23.4 Å². The van der Waals surface area contributed by atoms with Crippen LogP contribution < -0.4 is 5.32 Å². The SMILES string of the molecule is CC(C)(C)OC(=O)Nc1cccnc1CN=[N+]=[N-]. The van der Waals surface area contributed by atoms with E-state index in [0.29, 0.717) is 11.4 Å². The minimum atomic E-state index is -0.572. The maximum atomic E-state index is 11.6.